The zero-order valence-electron chi connectivity index (χ0n) is 14.1. The number of carbonyl (C=O) groups excluding carboxylic acids is 1. The van der Waals surface area contributed by atoms with Crippen molar-refractivity contribution >= 4 is 34.6 Å². The Kier molecular flexibility index (Phi) is 4.86. The molecule has 0 saturated carbocycles. The van der Waals surface area contributed by atoms with E-state index in [1.807, 2.05) is 62.4 Å². The van der Waals surface area contributed by atoms with E-state index in [0.29, 0.717) is 4.91 Å². The van der Waals surface area contributed by atoms with Crippen molar-refractivity contribution in [3.05, 3.63) is 70.6 Å². The third-order valence-electron chi connectivity index (χ3n) is 3.71. The summed E-state index contributed by atoms with van der Waals surface area (Å²) in [5, 5.41) is 0.736. The van der Waals surface area contributed by atoms with E-state index < -0.39 is 0 Å². The lowest BCUT2D eigenvalue weighted by Crippen LogP contribution is -2.35. The summed E-state index contributed by atoms with van der Waals surface area (Å²) in [6, 6.07) is 18.0. The van der Waals surface area contributed by atoms with Crippen molar-refractivity contribution < 1.29 is 4.79 Å². The van der Waals surface area contributed by atoms with E-state index in [-0.39, 0.29) is 11.9 Å². The maximum atomic E-state index is 12.8. The normalized spacial score (nSPS) is 18.2. The van der Waals surface area contributed by atoms with E-state index in [9.17, 15) is 4.79 Å². The topological polar surface area (TPSA) is 32.7 Å². The maximum Gasteiger partial charge on any atom is 0.266 e. The van der Waals surface area contributed by atoms with Gasteiger partial charge in [0, 0.05) is 6.04 Å². The molecule has 1 aliphatic rings. The van der Waals surface area contributed by atoms with Crippen LogP contribution >= 0.6 is 11.8 Å². The summed E-state index contributed by atoms with van der Waals surface area (Å²) in [4.78, 5) is 19.9. The molecule has 0 radical (unpaired) electrons. The van der Waals surface area contributed by atoms with Crippen molar-refractivity contribution in [3.8, 4) is 0 Å². The number of thioether (sulfide) groups is 1. The van der Waals surface area contributed by atoms with Crippen molar-refractivity contribution in [1.29, 1.82) is 0 Å². The number of rotatable bonds is 3. The zero-order chi connectivity index (χ0) is 17.1. The van der Waals surface area contributed by atoms with Gasteiger partial charge in [0.1, 0.15) is 0 Å². The highest BCUT2D eigenvalue weighted by molar-refractivity contribution is 8.18. The summed E-state index contributed by atoms with van der Waals surface area (Å²) in [7, 11) is 0. The Bertz CT molecular complexity index is 792. The Hall–Kier alpha value is -2.33. The SMILES string of the molecule is Cc1ccc(/C=C2/SC(=Nc3ccccc3)N(C(C)C)C2=O)cc1. The zero-order valence-corrected chi connectivity index (χ0v) is 14.9. The minimum Gasteiger partial charge on any atom is -0.284 e. The maximum absolute atomic E-state index is 12.8. The molecule has 3 nitrogen and oxygen atoms in total. The molecule has 3 rings (SSSR count). The summed E-state index contributed by atoms with van der Waals surface area (Å²) in [5.74, 6) is 0.0188. The van der Waals surface area contributed by atoms with Gasteiger partial charge in [-0.1, -0.05) is 48.0 Å². The molecule has 1 heterocycles. The van der Waals surface area contributed by atoms with E-state index in [1.54, 1.807) is 4.90 Å². The lowest BCUT2D eigenvalue weighted by molar-refractivity contribution is -0.123. The molecule has 1 amide bonds. The van der Waals surface area contributed by atoms with Crippen LogP contribution in [0.15, 0.2) is 64.5 Å². The molecule has 2 aromatic rings. The summed E-state index contributed by atoms with van der Waals surface area (Å²) in [6.07, 6.45) is 1.94. The molecule has 0 spiro atoms. The molecule has 0 atom stereocenters. The molecule has 1 saturated heterocycles. The molecule has 1 aliphatic heterocycles. The molecule has 122 valence electrons. The van der Waals surface area contributed by atoms with Crippen molar-refractivity contribution in [2.24, 2.45) is 4.99 Å². The second-order valence-electron chi connectivity index (χ2n) is 6.02. The first kappa shape index (κ1) is 16.5. The first-order valence-electron chi connectivity index (χ1n) is 7.98. The van der Waals surface area contributed by atoms with Crippen molar-refractivity contribution in [2.45, 2.75) is 26.8 Å². The number of hydrogen-bond acceptors (Lipinski definition) is 3. The predicted molar refractivity (Wildman–Crippen MR) is 102 cm³/mol. The molecule has 2 aromatic carbocycles. The minimum absolute atomic E-state index is 0.0188. The van der Waals surface area contributed by atoms with E-state index in [4.69, 9.17) is 0 Å². The van der Waals surface area contributed by atoms with Gasteiger partial charge in [0.2, 0.25) is 0 Å². The van der Waals surface area contributed by atoms with Gasteiger partial charge >= 0.3 is 0 Å². The summed E-state index contributed by atoms with van der Waals surface area (Å²) in [6.45, 7) is 6.07. The largest absolute Gasteiger partial charge is 0.284 e. The smallest absolute Gasteiger partial charge is 0.266 e. The van der Waals surface area contributed by atoms with Gasteiger partial charge in [-0.2, -0.15) is 0 Å². The molecular weight excluding hydrogens is 316 g/mol. The van der Waals surface area contributed by atoms with Crippen LogP contribution in [0.4, 0.5) is 5.69 Å². The highest BCUT2D eigenvalue weighted by Crippen LogP contribution is 2.35. The number of amidine groups is 1. The van der Waals surface area contributed by atoms with Gasteiger partial charge in [0.25, 0.3) is 5.91 Å². The summed E-state index contributed by atoms with van der Waals surface area (Å²) < 4.78 is 0. The number of nitrogens with zero attached hydrogens (tertiary/aromatic N) is 2. The number of aryl methyl sites for hydroxylation is 1. The van der Waals surface area contributed by atoms with Gasteiger partial charge in [-0.3, -0.25) is 9.69 Å². The van der Waals surface area contributed by atoms with Gasteiger partial charge in [-0.25, -0.2) is 4.99 Å². The molecule has 24 heavy (non-hydrogen) atoms. The Morgan fingerprint density at radius 3 is 2.33 bits per heavy atom. The standard InChI is InChI=1S/C20H20N2OS/c1-14(2)22-19(23)18(13-16-11-9-15(3)10-12-16)24-20(22)21-17-7-5-4-6-8-17/h4-14H,1-3H3/b18-13+,21-20?. The Balaban J connectivity index is 1.95. The number of aliphatic imine (C=N–C) groups is 1. The van der Waals surface area contributed by atoms with Crippen molar-refractivity contribution in [1.82, 2.24) is 4.90 Å². The van der Waals surface area contributed by atoms with Crippen LogP contribution in [0.3, 0.4) is 0 Å². The third kappa shape index (κ3) is 3.60. The average molecular weight is 336 g/mol. The van der Waals surface area contributed by atoms with E-state index in [1.165, 1.54) is 17.3 Å². The monoisotopic (exact) mass is 336 g/mol. The molecule has 0 N–H and O–H groups in total. The van der Waals surface area contributed by atoms with Gasteiger partial charge < -0.3 is 0 Å². The number of carbonyl (C=O) groups is 1. The molecule has 0 aliphatic carbocycles. The predicted octanol–water partition coefficient (Wildman–Crippen LogP) is 5.01. The van der Waals surface area contributed by atoms with Crippen LogP contribution in [0.5, 0.6) is 0 Å². The second-order valence-corrected chi connectivity index (χ2v) is 7.03. The lowest BCUT2D eigenvalue weighted by Gasteiger charge is -2.19. The average Bonchev–Trinajstić information content (AvgIpc) is 2.86. The lowest BCUT2D eigenvalue weighted by atomic mass is 10.1. The minimum atomic E-state index is 0.0188. The molecule has 0 unspecified atom stereocenters. The fourth-order valence-corrected chi connectivity index (χ4v) is 3.57. The van der Waals surface area contributed by atoms with Crippen LogP contribution in [0.25, 0.3) is 6.08 Å². The molecule has 1 fully saturated rings. The summed E-state index contributed by atoms with van der Waals surface area (Å²) in [5.41, 5.74) is 3.09. The van der Waals surface area contributed by atoms with Gasteiger partial charge in [0.15, 0.2) is 5.17 Å². The van der Waals surface area contributed by atoms with Crippen LogP contribution in [0.2, 0.25) is 0 Å². The highest BCUT2D eigenvalue weighted by Gasteiger charge is 2.35. The van der Waals surface area contributed by atoms with Crippen molar-refractivity contribution in [2.75, 3.05) is 0 Å². The third-order valence-corrected chi connectivity index (χ3v) is 4.69. The molecular formula is C20H20N2OS. The quantitative estimate of drug-likeness (QED) is 0.738. The number of amides is 1. The first-order chi connectivity index (χ1) is 11.5. The number of hydrogen-bond donors (Lipinski definition) is 0. The molecule has 4 heteroatoms. The van der Waals surface area contributed by atoms with E-state index >= 15 is 0 Å². The highest BCUT2D eigenvalue weighted by atomic mass is 32.2. The van der Waals surface area contributed by atoms with Crippen LogP contribution < -0.4 is 0 Å². The molecule has 0 bridgehead atoms. The first-order valence-corrected chi connectivity index (χ1v) is 8.80. The van der Waals surface area contributed by atoms with Crippen LogP contribution in [0, 0.1) is 6.92 Å². The second kappa shape index (κ2) is 7.05. The Morgan fingerprint density at radius 2 is 1.71 bits per heavy atom. The van der Waals surface area contributed by atoms with Crippen molar-refractivity contribution in [3.63, 3.8) is 0 Å². The van der Waals surface area contributed by atoms with Crippen LogP contribution in [0.1, 0.15) is 25.0 Å². The van der Waals surface area contributed by atoms with E-state index in [0.717, 1.165) is 16.4 Å². The Labute approximate surface area is 147 Å². The fourth-order valence-electron chi connectivity index (χ4n) is 2.45. The Morgan fingerprint density at radius 1 is 1.04 bits per heavy atom. The van der Waals surface area contributed by atoms with Gasteiger partial charge in [-0.15, -0.1) is 0 Å². The van der Waals surface area contributed by atoms with Crippen LogP contribution in [-0.4, -0.2) is 22.0 Å². The van der Waals surface area contributed by atoms with E-state index in [2.05, 4.69) is 24.0 Å². The van der Waals surface area contributed by atoms with Crippen LogP contribution in [-0.2, 0) is 4.79 Å². The fraction of sp³-hybridized carbons (Fsp3) is 0.200. The molecule has 0 aromatic heterocycles. The summed E-state index contributed by atoms with van der Waals surface area (Å²) >= 11 is 1.44. The number of benzene rings is 2. The van der Waals surface area contributed by atoms with Gasteiger partial charge in [0.05, 0.1) is 10.6 Å². The number of para-hydroxylation sites is 1. The van der Waals surface area contributed by atoms with Gasteiger partial charge in [-0.05, 0) is 56.3 Å².